The van der Waals surface area contributed by atoms with Crippen LogP contribution in [0.5, 0.6) is 11.5 Å². The number of carbonyl (C=O) groups excluding carboxylic acids is 1. The van der Waals surface area contributed by atoms with Crippen LogP contribution in [0.15, 0.2) is 36.4 Å². The largest absolute Gasteiger partial charge is 0.493 e. The molecule has 0 aromatic heterocycles. The maximum absolute atomic E-state index is 12.4. The monoisotopic (exact) mass is 484 g/mol. The third-order valence-corrected chi connectivity index (χ3v) is 4.74. The lowest BCUT2D eigenvalue weighted by Gasteiger charge is -2.12. The highest BCUT2D eigenvalue weighted by Crippen LogP contribution is 2.28. The number of amides is 1. The van der Waals surface area contributed by atoms with Crippen LogP contribution in [-0.4, -0.2) is 24.5 Å². The molecule has 0 aliphatic heterocycles. The summed E-state index contributed by atoms with van der Waals surface area (Å²) in [5.74, 6) is 0.991. The number of benzene rings is 2. The number of methoxy groups -OCH3 is 1. The minimum absolute atomic E-state index is 0.0423. The number of carbonyl (C=O) groups is 1. The van der Waals surface area contributed by atoms with Crippen LogP contribution in [0, 0.1) is 13.7 Å². The topological polar surface area (TPSA) is 90.7 Å². The predicted octanol–water partition coefficient (Wildman–Crippen LogP) is 4.32. The Bertz CT molecular complexity index is 826. The Morgan fingerprint density at radius 3 is 2.63 bits per heavy atom. The van der Waals surface area contributed by atoms with Gasteiger partial charge in [0.1, 0.15) is 0 Å². The lowest BCUT2D eigenvalue weighted by atomic mass is 10.1. The summed E-state index contributed by atoms with van der Waals surface area (Å²) in [5, 5.41) is 13.6. The SMILES string of the molecule is CCCCOc1ccc(CNC(=O)c2ccc([N+](=O)[O-])cc2I)cc1OC. The molecule has 0 aliphatic rings. The smallest absolute Gasteiger partial charge is 0.270 e. The number of nitro benzene ring substituents is 1. The van der Waals surface area contributed by atoms with Crippen molar-refractivity contribution in [2.75, 3.05) is 13.7 Å². The molecule has 8 heteroatoms. The summed E-state index contributed by atoms with van der Waals surface area (Å²) in [7, 11) is 1.57. The molecule has 144 valence electrons. The second-order valence-corrected chi connectivity index (χ2v) is 6.95. The van der Waals surface area contributed by atoms with Crippen molar-refractivity contribution >= 4 is 34.2 Å². The van der Waals surface area contributed by atoms with Gasteiger partial charge in [-0.15, -0.1) is 0 Å². The minimum Gasteiger partial charge on any atom is -0.493 e. The van der Waals surface area contributed by atoms with Gasteiger partial charge in [-0.05, 0) is 52.8 Å². The second-order valence-electron chi connectivity index (χ2n) is 5.79. The van der Waals surface area contributed by atoms with E-state index >= 15 is 0 Å². The van der Waals surface area contributed by atoms with Crippen LogP contribution >= 0.6 is 22.6 Å². The first-order valence-corrected chi connectivity index (χ1v) is 9.56. The van der Waals surface area contributed by atoms with Crippen LogP contribution < -0.4 is 14.8 Å². The molecule has 0 unspecified atom stereocenters. The van der Waals surface area contributed by atoms with Crippen LogP contribution in [0.4, 0.5) is 5.69 Å². The van der Waals surface area contributed by atoms with Gasteiger partial charge >= 0.3 is 0 Å². The van der Waals surface area contributed by atoms with E-state index in [1.165, 1.54) is 18.2 Å². The minimum atomic E-state index is -0.486. The third kappa shape index (κ3) is 5.81. The van der Waals surface area contributed by atoms with Crippen LogP contribution in [0.2, 0.25) is 0 Å². The average molecular weight is 484 g/mol. The van der Waals surface area contributed by atoms with Gasteiger partial charge in [-0.3, -0.25) is 14.9 Å². The zero-order chi connectivity index (χ0) is 19.8. The number of hydrogen-bond donors (Lipinski definition) is 1. The number of unbranched alkanes of at least 4 members (excludes halogenated alkanes) is 1. The first-order chi connectivity index (χ1) is 13.0. The van der Waals surface area contributed by atoms with Gasteiger partial charge in [0, 0.05) is 22.2 Å². The Hall–Kier alpha value is -2.36. The van der Waals surface area contributed by atoms with Crippen LogP contribution in [0.1, 0.15) is 35.7 Å². The number of halogens is 1. The van der Waals surface area contributed by atoms with E-state index in [1.807, 2.05) is 40.8 Å². The maximum Gasteiger partial charge on any atom is 0.270 e. The molecule has 7 nitrogen and oxygen atoms in total. The van der Waals surface area contributed by atoms with Gasteiger partial charge < -0.3 is 14.8 Å². The molecule has 0 bridgehead atoms. The van der Waals surface area contributed by atoms with Crippen LogP contribution in [-0.2, 0) is 6.54 Å². The molecule has 1 amide bonds. The molecule has 27 heavy (non-hydrogen) atoms. The van der Waals surface area contributed by atoms with E-state index in [9.17, 15) is 14.9 Å². The van der Waals surface area contributed by atoms with E-state index in [1.54, 1.807) is 7.11 Å². The molecule has 0 atom stereocenters. The molecule has 0 saturated carbocycles. The molecule has 0 aliphatic carbocycles. The average Bonchev–Trinajstić information content (AvgIpc) is 2.66. The Kier molecular flexibility index (Phi) is 7.83. The van der Waals surface area contributed by atoms with E-state index in [-0.39, 0.29) is 11.6 Å². The highest BCUT2D eigenvalue weighted by atomic mass is 127. The number of hydrogen-bond acceptors (Lipinski definition) is 5. The van der Waals surface area contributed by atoms with Crippen molar-refractivity contribution in [2.45, 2.75) is 26.3 Å². The maximum atomic E-state index is 12.4. The van der Waals surface area contributed by atoms with Gasteiger partial charge in [-0.2, -0.15) is 0 Å². The Morgan fingerprint density at radius 2 is 2.00 bits per heavy atom. The number of rotatable bonds is 9. The molecule has 0 heterocycles. The van der Waals surface area contributed by atoms with Crippen molar-refractivity contribution in [1.82, 2.24) is 5.32 Å². The van der Waals surface area contributed by atoms with Gasteiger partial charge in [0.05, 0.1) is 24.2 Å². The molecular weight excluding hydrogens is 463 g/mol. The summed E-state index contributed by atoms with van der Waals surface area (Å²) in [6, 6.07) is 9.67. The van der Waals surface area contributed by atoms with Gasteiger partial charge in [-0.1, -0.05) is 19.4 Å². The Morgan fingerprint density at radius 1 is 1.22 bits per heavy atom. The van der Waals surface area contributed by atoms with Gasteiger partial charge in [-0.25, -0.2) is 0 Å². The molecule has 0 fully saturated rings. The first kappa shape index (κ1) is 20.9. The quantitative estimate of drug-likeness (QED) is 0.248. The van der Waals surface area contributed by atoms with Crippen molar-refractivity contribution in [1.29, 1.82) is 0 Å². The molecule has 1 N–H and O–H groups in total. The molecule has 2 rings (SSSR count). The van der Waals surface area contributed by atoms with Crippen molar-refractivity contribution in [3.8, 4) is 11.5 Å². The van der Waals surface area contributed by atoms with Crippen molar-refractivity contribution in [3.63, 3.8) is 0 Å². The fourth-order valence-electron chi connectivity index (χ4n) is 2.35. The van der Waals surface area contributed by atoms with E-state index in [4.69, 9.17) is 9.47 Å². The van der Waals surface area contributed by atoms with Crippen LogP contribution in [0.3, 0.4) is 0 Å². The number of nitro groups is 1. The lowest BCUT2D eigenvalue weighted by Crippen LogP contribution is -2.23. The summed E-state index contributed by atoms with van der Waals surface area (Å²) in [5.41, 5.74) is 1.21. The summed E-state index contributed by atoms with van der Waals surface area (Å²) < 4.78 is 11.6. The van der Waals surface area contributed by atoms with Gasteiger partial charge in [0.2, 0.25) is 0 Å². The summed E-state index contributed by atoms with van der Waals surface area (Å²) in [4.78, 5) is 22.7. The van der Waals surface area contributed by atoms with E-state index in [0.29, 0.717) is 33.8 Å². The second kappa shape index (κ2) is 10.1. The third-order valence-electron chi connectivity index (χ3n) is 3.84. The molecule has 0 radical (unpaired) electrons. The fourth-order valence-corrected chi connectivity index (χ4v) is 3.09. The Labute approximate surface area is 171 Å². The van der Waals surface area contributed by atoms with E-state index in [0.717, 1.165) is 18.4 Å². The first-order valence-electron chi connectivity index (χ1n) is 8.48. The number of nitrogens with zero attached hydrogens (tertiary/aromatic N) is 1. The molecule has 0 spiro atoms. The number of ether oxygens (including phenoxy) is 2. The molecular formula is C19H21IN2O5. The van der Waals surface area contributed by atoms with Crippen molar-refractivity contribution in [3.05, 3.63) is 61.2 Å². The summed E-state index contributed by atoms with van der Waals surface area (Å²) >= 11 is 1.92. The summed E-state index contributed by atoms with van der Waals surface area (Å²) in [6.07, 6.45) is 2.02. The fraction of sp³-hybridized carbons (Fsp3) is 0.316. The summed E-state index contributed by atoms with van der Waals surface area (Å²) in [6.45, 7) is 3.03. The molecule has 2 aromatic carbocycles. The number of non-ortho nitro benzene ring substituents is 1. The zero-order valence-corrected chi connectivity index (χ0v) is 17.3. The van der Waals surface area contributed by atoms with Crippen molar-refractivity contribution < 1.29 is 19.2 Å². The highest BCUT2D eigenvalue weighted by Gasteiger charge is 2.14. The van der Waals surface area contributed by atoms with E-state index < -0.39 is 4.92 Å². The van der Waals surface area contributed by atoms with Gasteiger partial charge in [0.25, 0.3) is 11.6 Å². The zero-order valence-electron chi connectivity index (χ0n) is 15.2. The normalized spacial score (nSPS) is 10.3. The highest BCUT2D eigenvalue weighted by molar-refractivity contribution is 14.1. The molecule has 2 aromatic rings. The van der Waals surface area contributed by atoms with Gasteiger partial charge in [0.15, 0.2) is 11.5 Å². The number of nitrogens with one attached hydrogen (secondary N) is 1. The van der Waals surface area contributed by atoms with Crippen LogP contribution in [0.25, 0.3) is 0 Å². The van der Waals surface area contributed by atoms with Crippen molar-refractivity contribution in [2.24, 2.45) is 0 Å². The van der Waals surface area contributed by atoms with E-state index in [2.05, 4.69) is 12.2 Å². The lowest BCUT2D eigenvalue weighted by molar-refractivity contribution is -0.384. The Balaban J connectivity index is 2.03. The standard InChI is InChI=1S/C19H21IN2O5/c1-3-4-9-27-17-8-5-13(10-18(17)26-2)12-21-19(23)15-7-6-14(22(24)25)11-16(15)20/h5-8,10-11H,3-4,9,12H2,1-2H3,(H,21,23). The predicted molar refractivity (Wildman–Crippen MR) is 110 cm³/mol. The molecule has 0 saturated heterocycles.